The molecule has 0 spiro atoms. The highest BCUT2D eigenvalue weighted by molar-refractivity contribution is 6.03. The summed E-state index contributed by atoms with van der Waals surface area (Å²) in [7, 11) is 0. The van der Waals surface area contributed by atoms with E-state index in [1.807, 2.05) is 18.2 Å². The Morgan fingerprint density at radius 2 is 1.13 bits per heavy atom. The van der Waals surface area contributed by atoms with Crippen LogP contribution in [0.25, 0.3) is 0 Å². The number of alkyl carbamates (subject to hydrolysis) is 1. The normalized spacial score (nSPS) is 16.7. The van der Waals surface area contributed by atoms with Crippen molar-refractivity contribution in [1.29, 1.82) is 0 Å². The van der Waals surface area contributed by atoms with Crippen LogP contribution in [-0.2, 0) is 53.0 Å². The number of esters is 2. The lowest BCUT2D eigenvalue weighted by molar-refractivity contribution is -0.148. The third-order valence-electron chi connectivity index (χ3n) is 7.01. The lowest BCUT2D eigenvalue weighted by Gasteiger charge is -2.24. The zero-order valence-electron chi connectivity index (χ0n) is 26.3. The molecule has 242 valence electrons. The molecule has 11 heteroatoms. The van der Waals surface area contributed by atoms with Crippen LogP contribution in [0.1, 0.15) is 44.4 Å². The topological polar surface area (TPSA) is 140 Å². The van der Waals surface area contributed by atoms with Gasteiger partial charge in [0.15, 0.2) is 12.1 Å². The molecule has 11 nitrogen and oxygen atoms in total. The Morgan fingerprint density at radius 1 is 0.696 bits per heavy atom. The maximum absolute atomic E-state index is 13.6. The van der Waals surface area contributed by atoms with Gasteiger partial charge in [0, 0.05) is 6.42 Å². The molecule has 3 aromatic rings. The van der Waals surface area contributed by atoms with Crippen LogP contribution in [0.2, 0.25) is 0 Å². The molecule has 4 rings (SSSR count). The molecule has 3 amide bonds. The maximum atomic E-state index is 13.6. The fourth-order valence-corrected chi connectivity index (χ4v) is 4.73. The van der Waals surface area contributed by atoms with E-state index in [0.29, 0.717) is 0 Å². The summed E-state index contributed by atoms with van der Waals surface area (Å²) >= 11 is 0. The van der Waals surface area contributed by atoms with Crippen LogP contribution < -0.4 is 10.6 Å². The van der Waals surface area contributed by atoms with Gasteiger partial charge in [-0.1, -0.05) is 91.0 Å². The van der Waals surface area contributed by atoms with Crippen molar-refractivity contribution < 1.29 is 38.2 Å². The number of carbonyl (C=O) groups is 5. The fraction of sp³-hybridized carbons (Fsp3) is 0.343. The highest BCUT2D eigenvalue weighted by atomic mass is 16.6. The van der Waals surface area contributed by atoms with E-state index in [0.717, 1.165) is 21.6 Å². The summed E-state index contributed by atoms with van der Waals surface area (Å²) in [6, 6.07) is 22.3. The first kappa shape index (κ1) is 33.7. The van der Waals surface area contributed by atoms with E-state index in [-0.39, 0.29) is 19.6 Å². The SMILES string of the molecule is C[C@H](NC(=O)[C@H](Cc1ccccc1)NC(=O)OC(C)(C)C)C(=O)N1[C@H](C(=O)OCc2ccccc2)[C@H]1C(=O)OCc1ccccc1. The Bertz CT molecular complexity index is 1450. The van der Waals surface area contributed by atoms with Crippen molar-refractivity contribution in [2.24, 2.45) is 0 Å². The Balaban J connectivity index is 1.45. The van der Waals surface area contributed by atoms with Crippen LogP contribution in [0, 0.1) is 0 Å². The van der Waals surface area contributed by atoms with Gasteiger partial charge < -0.3 is 29.7 Å². The Kier molecular flexibility index (Phi) is 11.1. The Hall–Kier alpha value is -5.19. The van der Waals surface area contributed by atoms with Crippen molar-refractivity contribution in [3.05, 3.63) is 108 Å². The van der Waals surface area contributed by atoms with E-state index >= 15 is 0 Å². The van der Waals surface area contributed by atoms with Gasteiger partial charge in [-0.05, 0) is 44.4 Å². The van der Waals surface area contributed by atoms with E-state index in [1.54, 1.807) is 93.6 Å². The molecular weight excluding hydrogens is 590 g/mol. The molecule has 1 saturated heterocycles. The summed E-state index contributed by atoms with van der Waals surface area (Å²) in [6.07, 6.45) is -0.671. The van der Waals surface area contributed by atoms with Crippen LogP contribution in [0.4, 0.5) is 4.79 Å². The maximum Gasteiger partial charge on any atom is 0.408 e. The molecule has 4 atom stereocenters. The minimum atomic E-state index is -1.22. The first-order chi connectivity index (χ1) is 21.9. The summed E-state index contributed by atoms with van der Waals surface area (Å²) in [5.74, 6) is -2.88. The number of benzene rings is 3. The number of amides is 3. The van der Waals surface area contributed by atoms with Crippen LogP contribution in [0.5, 0.6) is 0 Å². The number of hydrogen-bond donors (Lipinski definition) is 2. The zero-order valence-corrected chi connectivity index (χ0v) is 26.3. The molecule has 0 unspecified atom stereocenters. The highest BCUT2D eigenvalue weighted by Crippen LogP contribution is 2.32. The smallest absolute Gasteiger partial charge is 0.408 e. The predicted molar refractivity (Wildman–Crippen MR) is 168 cm³/mol. The number of rotatable bonds is 12. The van der Waals surface area contributed by atoms with Crippen LogP contribution in [0.15, 0.2) is 91.0 Å². The predicted octanol–water partition coefficient (Wildman–Crippen LogP) is 3.69. The standard InChI is InChI=1S/C35H39N3O8/c1-23(36-30(39)27(20-24-14-8-5-9-15-24)37-34(43)46-35(2,3)4)31(40)38-28(32(41)44-21-25-16-10-6-11-17-25)29(38)33(42)45-22-26-18-12-7-13-19-26/h5-19,23,27-29H,20-22H2,1-4H3,(H,36,39)(H,37,43)/t23-,27-,28-,29-/m0/s1. The molecule has 3 aromatic carbocycles. The summed E-state index contributed by atoms with van der Waals surface area (Å²) in [5.41, 5.74) is 1.45. The van der Waals surface area contributed by atoms with Gasteiger partial charge in [-0.25, -0.2) is 14.4 Å². The largest absolute Gasteiger partial charge is 0.459 e. The quantitative estimate of drug-likeness (QED) is 0.176. The van der Waals surface area contributed by atoms with E-state index in [4.69, 9.17) is 14.2 Å². The van der Waals surface area contributed by atoms with Gasteiger partial charge in [-0.2, -0.15) is 0 Å². The molecule has 0 aromatic heterocycles. The van der Waals surface area contributed by atoms with Crippen molar-refractivity contribution in [2.75, 3.05) is 0 Å². The summed E-state index contributed by atoms with van der Waals surface area (Å²) in [5, 5.41) is 5.20. The zero-order chi connectivity index (χ0) is 33.3. The minimum Gasteiger partial charge on any atom is -0.459 e. The Labute approximate surface area is 268 Å². The van der Waals surface area contributed by atoms with Gasteiger partial charge in [0.25, 0.3) is 0 Å². The monoisotopic (exact) mass is 629 g/mol. The second-order valence-electron chi connectivity index (χ2n) is 11.9. The minimum absolute atomic E-state index is 0.0478. The summed E-state index contributed by atoms with van der Waals surface area (Å²) in [6.45, 7) is 6.44. The molecule has 1 aliphatic heterocycles. The fourth-order valence-electron chi connectivity index (χ4n) is 4.73. The number of nitrogens with zero attached hydrogens (tertiary/aromatic N) is 1. The number of nitrogens with one attached hydrogen (secondary N) is 2. The van der Waals surface area contributed by atoms with Crippen LogP contribution in [0.3, 0.4) is 0 Å². The third kappa shape index (κ3) is 9.65. The van der Waals surface area contributed by atoms with E-state index in [2.05, 4.69) is 10.6 Å². The van der Waals surface area contributed by atoms with Gasteiger partial charge in [-0.15, -0.1) is 0 Å². The molecule has 0 aliphatic carbocycles. The summed E-state index contributed by atoms with van der Waals surface area (Å²) in [4.78, 5) is 66.8. The molecule has 1 fully saturated rings. The van der Waals surface area contributed by atoms with Gasteiger partial charge >= 0.3 is 18.0 Å². The van der Waals surface area contributed by atoms with Gasteiger partial charge in [-0.3, -0.25) is 9.59 Å². The Morgan fingerprint density at radius 3 is 1.57 bits per heavy atom. The molecule has 0 saturated carbocycles. The number of ether oxygens (including phenoxy) is 3. The number of carbonyl (C=O) groups excluding carboxylic acids is 5. The van der Waals surface area contributed by atoms with Crippen molar-refractivity contribution in [3.63, 3.8) is 0 Å². The molecule has 0 radical (unpaired) electrons. The van der Waals surface area contributed by atoms with E-state index < -0.39 is 59.6 Å². The van der Waals surface area contributed by atoms with Crippen LogP contribution >= 0.6 is 0 Å². The first-order valence-electron chi connectivity index (χ1n) is 15.0. The molecule has 0 bridgehead atoms. The molecule has 2 N–H and O–H groups in total. The second-order valence-corrected chi connectivity index (χ2v) is 11.9. The molecule has 1 heterocycles. The highest BCUT2D eigenvalue weighted by Gasteiger charge is 2.62. The summed E-state index contributed by atoms with van der Waals surface area (Å²) < 4.78 is 16.2. The van der Waals surface area contributed by atoms with Crippen molar-refractivity contribution in [3.8, 4) is 0 Å². The van der Waals surface area contributed by atoms with Gasteiger partial charge in [0.2, 0.25) is 11.8 Å². The van der Waals surface area contributed by atoms with E-state index in [9.17, 15) is 24.0 Å². The van der Waals surface area contributed by atoms with Crippen molar-refractivity contribution in [1.82, 2.24) is 15.5 Å². The third-order valence-corrected chi connectivity index (χ3v) is 7.01. The first-order valence-corrected chi connectivity index (χ1v) is 15.0. The second kappa shape index (κ2) is 15.2. The number of hydrogen-bond acceptors (Lipinski definition) is 8. The van der Waals surface area contributed by atoms with Crippen LogP contribution in [-0.4, -0.2) is 64.5 Å². The average molecular weight is 630 g/mol. The molecular formula is C35H39N3O8. The van der Waals surface area contributed by atoms with E-state index in [1.165, 1.54) is 6.92 Å². The van der Waals surface area contributed by atoms with Gasteiger partial charge in [0.05, 0.1) is 0 Å². The van der Waals surface area contributed by atoms with Gasteiger partial charge in [0.1, 0.15) is 30.9 Å². The molecule has 46 heavy (non-hydrogen) atoms. The average Bonchev–Trinajstić information content (AvgIpc) is 3.78. The van der Waals surface area contributed by atoms with Crippen molar-refractivity contribution in [2.45, 2.75) is 77.1 Å². The molecule has 1 aliphatic rings. The lowest BCUT2D eigenvalue weighted by Crippen LogP contribution is -2.53. The lowest BCUT2D eigenvalue weighted by atomic mass is 10.0. The van der Waals surface area contributed by atoms with Crippen molar-refractivity contribution >= 4 is 29.8 Å².